The lowest BCUT2D eigenvalue weighted by atomic mass is 10.1. The minimum atomic E-state index is 0.679. The smallest absolute Gasteiger partial charge is 0.0733 e. The van der Waals surface area contributed by atoms with Crippen molar-refractivity contribution in [2.24, 2.45) is 5.92 Å². The summed E-state index contributed by atoms with van der Waals surface area (Å²) in [6.07, 6.45) is 4.60. The Kier molecular flexibility index (Phi) is 3.24. The molecule has 0 amide bonds. The van der Waals surface area contributed by atoms with E-state index < -0.39 is 0 Å². The highest BCUT2D eigenvalue weighted by Crippen LogP contribution is 2.37. The van der Waals surface area contributed by atoms with Crippen LogP contribution in [0.1, 0.15) is 18.5 Å². The maximum atomic E-state index is 4.73. The van der Waals surface area contributed by atoms with Crippen molar-refractivity contribution >= 4 is 55.2 Å². The van der Waals surface area contributed by atoms with Gasteiger partial charge in [0.2, 0.25) is 0 Å². The summed E-state index contributed by atoms with van der Waals surface area (Å²) < 4.78 is 3.27. The van der Waals surface area contributed by atoms with E-state index in [2.05, 4.69) is 60.6 Å². The van der Waals surface area contributed by atoms with Crippen molar-refractivity contribution in [2.75, 3.05) is 0 Å². The van der Waals surface area contributed by atoms with Crippen LogP contribution in [0.25, 0.3) is 10.9 Å². The number of nitrogens with zero attached hydrogens (tertiary/aromatic N) is 2. The Hall–Kier alpha value is 0.330. The van der Waals surface area contributed by atoms with Crippen molar-refractivity contribution in [1.29, 1.82) is 0 Å². The molecule has 2 nitrogen and oxygen atoms in total. The first-order valence-corrected chi connectivity index (χ1v) is 10.2. The summed E-state index contributed by atoms with van der Waals surface area (Å²) in [6, 6.07) is 6.46. The van der Waals surface area contributed by atoms with Crippen molar-refractivity contribution in [3.63, 3.8) is 0 Å². The molecule has 84 valence electrons. The molecule has 1 unspecified atom stereocenters. The lowest BCUT2D eigenvalue weighted by Crippen LogP contribution is -1.89. The van der Waals surface area contributed by atoms with Crippen molar-refractivity contribution in [1.82, 2.24) is 9.55 Å². The Morgan fingerprint density at radius 3 is 3.00 bits per heavy atom. The number of benzene rings is 1. The van der Waals surface area contributed by atoms with Crippen molar-refractivity contribution in [3.8, 4) is 0 Å². The number of aromatic nitrogens is 2. The monoisotopic (exact) mass is 408 g/mol. The molecule has 16 heavy (non-hydrogen) atoms. The standard InChI is InChI=1S/C11H11BrIN2P/c12-8-3-4-11-9(6-8)10(5-7-1-2-7)14-15(11)16-13/h3-4,6-7,16H,1-2,5H2. The molecule has 1 saturated carbocycles. The van der Waals surface area contributed by atoms with Gasteiger partial charge < -0.3 is 0 Å². The molecule has 1 heterocycles. The van der Waals surface area contributed by atoms with Gasteiger partial charge in [0.15, 0.2) is 0 Å². The average Bonchev–Trinajstić information content (AvgIpc) is 3.02. The summed E-state index contributed by atoms with van der Waals surface area (Å²) in [5.74, 6) is 0.892. The zero-order valence-corrected chi connectivity index (χ0v) is 13.3. The van der Waals surface area contributed by atoms with Gasteiger partial charge in [0, 0.05) is 9.86 Å². The highest BCUT2D eigenvalue weighted by Gasteiger charge is 2.24. The Labute approximate surface area is 118 Å². The Balaban J connectivity index is 2.13. The zero-order valence-electron chi connectivity index (χ0n) is 8.58. The van der Waals surface area contributed by atoms with Gasteiger partial charge in [-0.05, 0) is 65.4 Å². The number of fused-ring (bicyclic) bond motifs is 1. The van der Waals surface area contributed by atoms with E-state index in [1.807, 2.05) is 0 Å². The third-order valence-corrected chi connectivity index (χ3v) is 5.34. The van der Waals surface area contributed by atoms with E-state index >= 15 is 0 Å². The van der Waals surface area contributed by atoms with Gasteiger partial charge in [0.1, 0.15) is 0 Å². The molecule has 3 rings (SSSR count). The summed E-state index contributed by atoms with van der Waals surface area (Å²) in [6.45, 7) is 0. The first kappa shape index (κ1) is 11.4. The molecule has 1 aliphatic rings. The predicted molar refractivity (Wildman–Crippen MR) is 81.6 cm³/mol. The van der Waals surface area contributed by atoms with E-state index in [9.17, 15) is 0 Å². The molecule has 2 aromatic rings. The lowest BCUT2D eigenvalue weighted by Gasteiger charge is -1.96. The largest absolute Gasteiger partial charge is 0.237 e. The van der Waals surface area contributed by atoms with Gasteiger partial charge in [-0.15, -0.1) is 0 Å². The molecule has 0 N–H and O–H groups in total. The Morgan fingerprint density at radius 1 is 1.50 bits per heavy atom. The molecule has 0 spiro atoms. The van der Waals surface area contributed by atoms with Gasteiger partial charge in [0.25, 0.3) is 0 Å². The highest BCUT2D eigenvalue weighted by atomic mass is 127. The maximum absolute atomic E-state index is 4.73. The van der Waals surface area contributed by atoms with E-state index in [1.165, 1.54) is 29.4 Å². The molecule has 1 aliphatic carbocycles. The van der Waals surface area contributed by atoms with Crippen LogP contribution >= 0.6 is 44.3 Å². The molecule has 0 radical (unpaired) electrons. The number of rotatable bonds is 3. The van der Waals surface area contributed by atoms with Gasteiger partial charge in [-0.2, -0.15) is 5.10 Å². The number of hydrogen-bond donors (Lipinski definition) is 0. The van der Waals surface area contributed by atoms with Crippen LogP contribution in [-0.4, -0.2) is 9.55 Å². The first-order valence-electron chi connectivity index (χ1n) is 5.32. The Morgan fingerprint density at radius 2 is 2.31 bits per heavy atom. The minimum absolute atomic E-state index is 0.679. The van der Waals surface area contributed by atoms with Crippen LogP contribution in [0.3, 0.4) is 0 Å². The highest BCUT2D eigenvalue weighted by molar-refractivity contribution is 14.2. The second-order valence-electron chi connectivity index (χ2n) is 4.25. The maximum Gasteiger partial charge on any atom is 0.0733 e. The van der Waals surface area contributed by atoms with Crippen LogP contribution in [0.4, 0.5) is 0 Å². The van der Waals surface area contributed by atoms with E-state index in [1.54, 1.807) is 0 Å². The van der Waals surface area contributed by atoms with Crippen LogP contribution in [0, 0.1) is 5.92 Å². The van der Waals surface area contributed by atoms with Gasteiger partial charge in [0.05, 0.1) is 17.6 Å². The van der Waals surface area contributed by atoms with Gasteiger partial charge in [-0.3, -0.25) is 0 Å². The first-order chi connectivity index (χ1) is 7.78. The fourth-order valence-corrected chi connectivity index (χ4v) is 3.87. The van der Waals surface area contributed by atoms with Crippen molar-refractivity contribution in [2.45, 2.75) is 19.3 Å². The molecule has 1 aromatic carbocycles. The molecule has 1 fully saturated rings. The van der Waals surface area contributed by atoms with Crippen LogP contribution in [0.15, 0.2) is 22.7 Å². The van der Waals surface area contributed by atoms with Crippen molar-refractivity contribution in [3.05, 3.63) is 28.4 Å². The third-order valence-electron chi connectivity index (χ3n) is 2.98. The molecular formula is C11H11BrIN2P. The van der Waals surface area contributed by atoms with E-state index in [0.29, 0.717) is 6.37 Å². The second kappa shape index (κ2) is 4.54. The summed E-state index contributed by atoms with van der Waals surface area (Å²) in [7, 11) is 0. The van der Waals surface area contributed by atoms with Gasteiger partial charge in [-0.25, -0.2) is 4.45 Å². The van der Waals surface area contributed by atoms with Crippen molar-refractivity contribution < 1.29 is 0 Å². The molecule has 0 bridgehead atoms. The summed E-state index contributed by atoms with van der Waals surface area (Å²) in [5.41, 5.74) is 2.55. The lowest BCUT2D eigenvalue weighted by molar-refractivity contribution is 0.794. The molecule has 1 atom stereocenters. The van der Waals surface area contributed by atoms with Gasteiger partial charge in [-0.1, -0.05) is 15.9 Å². The molecule has 0 saturated heterocycles. The SMILES string of the molecule is Brc1ccc2c(c1)c(CC1CC1)nn2PI. The molecule has 0 aliphatic heterocycles. The topological polar surface area (TPSA) is 17.8 Å². The normalized spacial score (nSPS) is 16.6. The summed E-state index contributed by atoms with van der Waals surface area (Å²) >= 11 is 5.93. The van der Waals surface area contributed by atoms with E-state index in [4.69, 9.17) is 5.10 Å². The molecular weight excluding hydrogens is 398 g/mol. The minimum Gasteiger partial charge on any atom is -0.237 e. The summed E-state index contributed by atoms with van der Waals surface area (Å²) in [5, 5.41) is 6.05. The quantitative estimate of drug-likeness (QED) is 0.538. The van der Waals surface area contributed by atoms with Crippen LogP contribution in [0.5, 0.6) is 0 Å². The van der Waals surface area contributed by atoms with Gasteiger partial charge >= 0.3 is 0 Å². The fraction of sp³-hybridized carbons (Fsp3) is 0.364. The summed E-state index contributed by atoms with van der Waals surface area (Å²) in [4.78, 5) is 0. The fourth-order valence-electron chi connectivity index (χ4n) is 1.96. The van der Waals surface area contributed by atoms with Crippen LogP contribution in [0.2, 0.25) is 0 Å². The number of hydrogen-bond acceptors (Lipinski definition) is 1. The Bertz CT molecular complexity index is 536. The van der Waals surface area contributed by atoms with E-state index in [-0.39, 0.29) is 0 Å². The van der Waals surface area contributed by atoms with Crippen LogP contribution in [-0.2, 0) is 6.42 Å². The zero-order chi connectivity index (χ0) is 11.1. The molecule has 1 aromatic heterocycles. The third kappa shape index (κ3) is 2.16. The predicted octanol–water partition coefficient (Wildman–Crippen LogP) is 4.54. The number of halogens is 2. The van der Waals surface area contributed by atoms with E-state index in [0.717, 1.165) is 16.8 Å². The average molecular weight is 409 g/mol. The van der Waals surface area contributed by atoms with Crippen LogP contribution < -0.4 is 0 Å². The molecule has 5 heteroatoms. The second-order valence-corrected chi connectivity index (χ2v) is 7.21.